The third-order valence-corrected chi connectivity index (χ3v) is 4.22. The summed E-state index contributed by atoms with van der Waals surface area (Å²) < 4.78 is 7.72. The van der Waals surface area contributed by atoms with Gasteiger partial charge in [0.25, 0.3) is 0 Å². The molecule has 0 bridgehead atoms. The van der Waals surface area contributed by atoms with E-state index < -0.39 is 0 Å². The lowest BCUT2D eigenvalue weighted by Crippen LogP contribution is -2.33. The summed E-state index contributed by atoms with van der Waals surface area (Å²) in [7, 11) is 0. The minimum absolute atomic E-state index is 0.243. The predicted molar refractivity (Wildman–Crippen MR) is 72.1 cm³/mol. The summed E-state index contributed by atoms with van der Waals surface area (Å²) in [5, 5.41) is 18.6. The topological polar surface area (TPSA) is 63.2 Å². The van der Waals surface area contributed by atoms with Crippen molar-refractivity contribution in [3.63, 3.8) is 0 Å². The molecule has 0 aliphatic carbocycles. The van der Waals surface area contributed by atoms with Crippen LogP contribution in [0.1, 0.15) is 30.5 Å². The maximum atomic E-state index is 9.51. The fourth-order valence-electron chi connectivity index (χ4n) is 2.53. The molecule has 0 saturated heterocycles. The summed E-state index contributed by atoms with van der Waals surface area (Å²) in [6.45, 7) is 4.57. The zero-order chi connectivity index (χ0) is 13.6. The summed E-state index contributed by atoms with van der Waals surface area (Å²) in [5.41, 5.74) is 3.34. The Bertz CT molecular complexity index is 699. The van der Waals surface area contributed by atoms with E-state index in [1.54, 1.807) is 18.1 Å². The van der Waals surface area contributed by atoms with Crippen molar-refractivity contribution in [2.24, 2.45) is 0 Å². The minimum Gasteiger partial charge on any atom is -0.370 e. The van der Waals surface area contributed by atoms with Crippen molar-refractivity contribution in [2.75, 3.05) is 6.26 Å². The number of hydrogen-bond acceptors (Lipinski definition) is 5. The Labute approximate surface area is 115 Å². The van der Waals surface area contributed by atoms with Gasteiger partial charge in [-0.15, -0.1) is 22.0 Å². The van der Waals surface area contributed by atoms with Crippen LogP contribution in [0.5, 0.6) is 0 Å². The molecule has 0 saturated carbocycles. The number of pyridine rings is 1. The summed E-state index contributed by atoms with van der Waals surface area (Å²) in [5.74, 6) is 0. The second-order valence-electron chi connectivity index (χ2n) is 5.20. The Balaban J connectivity index is 2.38. The first-order valence-electron chi connectivity index (χ1n) is 6.03. The fraction of sp³-hybridized carbons (Fsp3) is 0.462. The van der Waals surface area contributed by atoms with Gasteiger partial charge in [0.15, 0.2) is 5.65 Å². The maximum absolute atomic E-state index is 9.51. The van der Waals surface area contributed by atoms with E-state index in [1.807, 2.05) is 24.5 Å². The molecule has 2 aromatic rings. The first kappa shape index (κ1) is 12.5. The molecule has 0 radical (unpaired) electrons. The monoisotopic (exact) mass is 274 g/mol. The molecule has 0 spiro atoms. The van der Waals surface area contributed by atoms with E-state index in [0.29, 0.717) is 6.61 Å². The second-order valence-corrected chi connectivity index (χ2v) is 6.00. The number of fused-ring (bicyclic) bond motifs is 3. The second kappa shape index (κ2) is 4.22. The van der Waals surface area contributed by atoms with Crippen LogP contribution in [0.15, 0.2) is 11.4 Å². The van der Waals surface area contributed by atoms with Gasteiger partial charge in [-0.05, 0) is 25.7 Å². The molecule has 98 valence electrons. The molecular formula is C13H14N4OS. The van der Waals surface area contributed by atoms with Gasteiger partial charge in [-0.3, -0.25) is 4.40 Å². The third-order valence-electron chi connectivity index (χ3n) is 3.43. The van der Waals surface area contributed by atoms with Gasteiger partial charge in [-0.1, -0.05) is 0 Å². The molecule has 19 heavy (non-hydrogen) atoms. The van der Waals surface area contributed by atoms with E-state index in [9.17, 15) is 5.26 Å². The van der Waals surface area contributed by atoms with E-state index in [2.05, 4.69) is 16.3 Å². The highest BCUT2D eigenvalue weighted by molar-refractivity contribution is 7.98. The molecule has 0 N–H and O–H groups in total. The molecule has 3 heterocycles. The number of nitriles is 1. The Morgan fingerprint density at radius 1 is 1.47 bits per heavy atom. The van der Waals surface area contributed by atoms with Gasteiger partial charge in [-0.2, -0.15) is 5.26 Å². The van der Waals surface area contributed by atoms with Gasteiger partial charge < -0.3 is 4.74 Å². The molecule has 0 aromatic carbocycles. The van der Waals surface area contributed by atoms with Crippen molar-refractivity contribution >= 4 is 17.4 Å². The number of ether oxygens (including phenoxy) is 1. The van der Waals surface area contributed by atoms with Crippen LogP contribution in [0.4, 0.5) is 0 Å². The molecule has 0 unspecified atom stereocenters. The van der Waals surface area contributed by atoms with Crippen LogP contribution in [0.2, 0.25) is 0 Å². The van der Waals surface area contributed by atoms with Gasteiger partial charge in [0.05, 0.1) is 17.8 Å². The SMILES string of the molecule is CSc1c(C#N)c2c(c3nncn13)COC(C)(C)C2. The molecule has 1 aliphatic heterocycles. The molecule has 3 rings (SSSR count). The fourth-order valence-corrected chi connectivity index (χ4v) is 3.23. The van der Waals surface area contributed by atoms with E-state index in [0.717, 1.165) is 33.8 Å². The first-order chi connectivity index (χ1) is 9.07. The number of aromatic nitrogens is 3. The summed E-state index contributed by atoms with van der Waals surface area (Å²) in [6.07, 6.45) is 4.34. The summed E-state index contributed by atoms with van der Waals surface area (Å²) in [4.78, 5) is 0. The summed E-state index contributed by atoms with van der Waals surface area (Å²) >= 11 is 1.55. The minimum atomic E-state index is -0.243. The van der Waals surface area contributed by atoms with Crippen molar-refractivity contribution in [2.45, 2.75) is 37.5 Å². The van der Waals surface area contributed by atoms with Crippen LogP contribution >= 0.6 is 11.8 Å². The average Bonchev–Trinajstić information content (AvgIpc) is 2.84. The molecule has 2 aromatic heterocycles. The number of rotatable bonds is 1. The molecule has 0 fully saturated rings. The lowest BCUT2D eigenvalue weighted by atomic mass is 9.90. The highest BCUT2D eigenvalue weighted by Crippen LogP contribution is 2.35. The van der Waals surface area contributed by atoms with Gasteiger partial charge in [-0.25, -0.2) is 0 Å². The number of nitrogens with zero attached hydrogens (tertiary/aromatic N) is 4. The highest BCUT2D eigenvalue weighted by atomic mass is 32.2. The molecule has 1 aliphatic rings. The zero-order valence-electron chi connectivity index (χ0n) is 11.1. The third kappa shape index (κ3) is 1.81. The lowest BCUT2D eigenvalue weighted by Gasteiger charge is -2.32. The Morgan fingerprint density at radius 2 is 2.26 bits per heavy atom. The van der Waals surface area contributed by atoms with E-state index in [-0.39, 0.29) is 5.60 Å². The van der Waals surface area contributed by atoms with Crippen molar-refractivity contribution in [3.8, 4) is 6.07 Å². The molecule has 6 heteroatoms. The Kier molecular flexibility index (Phi) is 2.77. The van der Waals surface area contributed by atoms with Gasteiger partial charge in [0.2, 0.25) is 0 Å². The van der Waals surface area contributed by atoms with Crippen LogP contribution in [0.25, 0.3) is 5.65 Å². The quantitative estimate of drug-likeness (QED) is 0.746. The zero-order valence-corrected chi connectivity index (χ0v) is 11.9. The number of hydrogen-bond donors (Lipinski definition) is 0. The highest BCUT2D eigenvalue weighted by Gasteiger charge is 2.31. The van der Waals surface area contributed by atoms with E-state index in [4.69, 9.17) is 4.74 Å². The van der Waals surface area contributed by atoms with Crippen LogP contribution in [-0.4, -0.2) is 26.5 Å². The Morgan fingerprint density at radius 3 is 2.95 bits per heavy atom. The average molecular weight is 274 g/mol. The molecule has 5 nitrogen and oxygen atoms in total. The predicted octanol–water partition coefficient (Wildman–Crippen LogP) is 2.17. The van der Waals surface area contributed by atoms with Crippen molar-refractivity contribution in [1.29, 1.82) is 5.26 Å². The normalized spacial score (nSPS) is 17.2. The summed E-state index contributed by atoms with van der Waals surface area (Å²) in [6, 6.07) is 2.34. The maximum Gasteiger partial charge on any atom is 0.167 e. The number of thioether (sulfide) groups is 1. The molecule has 0 atom stereocenters. The van der Waals surface area contributed by atoms with E-state index >= 15 is 0 Å². The van der Waals surface area contributed by atoms with Gasteiger partial charge >= 0.3 is 0 Å². The standard InChI is InChI=1S/C13H14N4OS/c1-13(2)4-8-9(5-14)12(19-3)17-7-15-16-11(17)10(8)6-18-13/h7H,4,6H2,1-3H3. The van der Waals surface area contributed by atoms with Crippen LogP contribution in [-0.2, 0) is 17.8 Å². The van der Waals surface area contributed by atoms with Crippen molar-refractivity contribution in [3.05, 3.63) is 23.0 Å². The first-order valence-corrected chi connectivity index (χ1v) is 7.25. The lowest BCUT2D eigenvalue weighted by molar-refractivity contribution is -0.0398. The molecular weight excluding hydrogens is 260 g/mol. The van der Waals surface area contributed by atoms with Crippen molar-refractivity contribution in [1.82, 2.24) is 14.6 Å². The van der Waals surface area contributed by atoms with Crippen LogP contribution < -0.4 is 0 Å². The largest absolute Gasteiger partial charge is 0.370 e. The van der Waals surface area contributed by atoms with Crippen LogP contribution in [0, 0.1) is 11.3 Å². The van der Waals surface area contributed by atoms with E-state index in [1.165, 1.54) is 0 Å². The Hall–Kier alpha value is -1.58. The van der Waals surface area contributed by atoms with Crippen LogP contribution in [0.3, 0.4) is 0 Å². The smallest absolute Gasteiger partial charge is 0.167 e. The van der Waals surface area contributed by atoms with Gasteiger partial charge in [0.1, 0.15) is 17.4 Å². The molecule has 0 amide bonds. The van der Waals surface area contributed by atoms with Crippen molar-refractivity contribution < 1.29 is 4.74 Å². The van der Waals surface area contributed by atoms with Gasteiger partial charge in [0, 0.05) is 12.0 Å².